The number of aliphatic carboxylic acids is 1. The van der Waals surface area contributed by atoms with Gasteiger partial charge in [-0.15, -0.1) is 0 Å². The second kappa shape index (κ2) is 3.56. The molecule has 0 radical (unpaired) electrons. The summed E-state index contributed by atoms with van der Waals surface area (Å²) in [6.45, 7) is 3.08. The SMILES string of the molecule is CN(C)C(=O)CC(C)(C)C(=O)O. The Kier molecular flexibility index (Phi) is 3.24. The van der Waals surface area contributed by atoms with Crippen LogP contribution in [-0.4, -0.2) is 36.0 Å². The Hall–Kier alpha value is -1.06. The van der Waals surface area contributed by atoms with Crippen molar-refractivity contribution in [2.75, 3.05) is 14.1 Å². The summed E-state index contributed by atoms with van der Waals surface area (Å²) in [7, 11) is 3.22. The molecule has 0 fully saturated rings. The quantitative estimate of drug-likeness (QED) is 0.679. The maximum atomic E-state index is 11.1. The number of carbonyl (C=O) groups excluding carboxylic acids is 1. The van der Waals surface area contributed by atoms with Gasteiger partial charge in [0.1, 0.15) is 0 Å². The van der Waals surface area contributed by atoms with Crippen LogP contribution >= 0.6 is 0 Å². The fourth-order valence-electron chi connectivity index (χ4n) is 0.612. The Morgan fingerprint density at radius 1 is 1.33 bits per heavy atom. The number of carboxylic acid groups (broad SMARTS) is 1. The molecule has 70 valence electrons. The first-order chi connectivity index (χ1) is 5.27. The maximum absolute atomic E-state index is 11.1. The molecule has 0 saturated heterocycles. The molecule has 0 spiro atoms. The molecule has 0 aromatic rings. The molecule has 0 saturated carbocycles. The van der Waals surface area contributed by atoms with Gasteiger partial charge in [0.25, 0.3) is 0 Å². The fourth-order valence-corrected chi connectivity index (χ4v) is 0.612. The lowest BCUT2D eigenvalue weighted by Crippen LogP contribution is -2.32. The second-order valence-electron chi connectivity index (χ2n) is 3.65. The van der Waals surface area contributed by atoms with Crippen LogP contribution in [-0.2, 0) is 9.59 Å². The van der Waals surface area contributed by atoms with Crippen molar-refractivity contribution < 1.29 is 14.7 Å². The Morgan fingerprint density at radius 2 is 1.75 bits per heavy atom. The van der Waals surface area contributed by atoms with E-state index in [0.717, 1.165) is 0 Å². The maximum Gasteiger partial charge on any atom is 0.309 e. The third-order valence-electron chi connectivity index (χ3n) is 1.67. The lowest BCUT2D eigenvalue weighted by Gasteiger charge is -2.20. The first-order valence-corrected chi connectivity index (χ1v) is 3.71. The number of nitrogens with zero attached hydrogens (tertiary/aromatic N) is 1. The van der Waals surface area contributed by atoms with Crippen molar-refractivity contribution in [1.82, 2.24) is 4.90 Å². The van der Waals surface area contributed by atoms with Crippen molar-refractivity contribution in [3.8, 4) is 0 Å². The monoisotopic (exact) mass is 173 g/mol. The van der Waals surface area contributed by atoms with Crippen molar-refractivity contribution in [2.24, 2.45) is 5.41 Å². The molecule has 0 aromatic carbocycles. The highest BCUT2D eigenvalue weighted by molar-refractivity contribution is 5.84. The predicted octanol–water partition coefficient (Wildman–Crippen LogP) is 0.575. The largest absolute Gasteiger partial charge is 0.481 e. The van der Waals surface area contributed by atoms with Gasteiger partial charge in [-0.2, -0.15) is 0 Å². The average Bonchev–Trinajstić information content (AvgIpc) is 1.85. The highest BCUT2D eigenvalue weighted by Gasteiger charge is 2.30. The number of rotatable bonds is 3. The summed E-state index contributed by atoms with van der Waals surface area (Å²) in [6.07, 6.45) is 0.0370. The Labute approximate surface area is 72.2 Å². The number of amides is 1. The van der Waals surface area contributed by atoms with E-state index in [0.29, 0.717) is 0 Å². The summed E-state index contributed by atoms with van der Waals surface area (Å²) in [6, 6.07) is 0. The van der Waals surface area contributed by atoms with E-state index in [4.69, 9.17) is 5.11 Å². The molecule has 0 aliphatic rings. The molecule has 0 aliphatic carbocycles. The molecule has 0 atom stereocenters. The van der Waals surface area contributed by atoms with Gasteiger partial charge in [0, 0.05) is 20.5 Å². The summed E-state index contributed by atoms with van der Waals surface area (Å²) in [5.41, 5.74) is -0.971. The Morgan fingerprint density at radius 3 is 2.00 bits per heavy atom. The van der Waals surface area contributed by atoms with Gasteiger partial charge in [-0.05, 0) is 13.8 Å². The molecule has 0 unspecified atom stereocenters. The standard InChI is InChI=1S/C8H15NO3/c1-8(2,7(11)12)5-6(10)9(3)4/h5H2,1-4H3,(H,11,12). The summed E-state index contributed by atoms with van der Waals surface area (Å²) in [5, 5.41) is 8.70. The van der Waals surface area contributed by atoms with Crippen molar-refractivity contribution in [1.29, 1.82) is 0 Å². The molecule has 0 aromatic heterocycles. The first-order valence-electron chi connectivity index (χ1n) is 3.71. The number of hydrogen-bond acceptors (Lipinski definition) is 2. The molecular weight excluding hydrogens is 158 g/mol. The fraction of sp³-hybridized carbons (Fsp3) is 0.750. The zero-order valence-corrected chi connectivity index (χ0v) is 7.92. The van der Waals surface area contributed by atoms with Crippen LogP contribution < -0.4 is 0 Å². The smallest absolute Gasteiger partial charge is 0.309 e. The van der Waals surface area contributed by atoms with Gasteiger partial charge in [-0.1, -0.05) is 0 Å². The number of carbonyl (C=O) groups is 2. The van der Waals surface area contributed by atoms with Crippen LogP contribution in [0, 0.1) is 5.41 Å². The average molecular weight is 173 g/mol. The van der Waals surface area contributed by atoms with Crippen molar-refractivity contribution in [3.63, 3.8) is 0 Å². The zero-order valence-electron chi connectivity index (χ0n) is 7.92. The molecule has 0 heterocycles. The van der Waals surface area contributed by atoms with E-state index < -0.39 is 11.4 Å². The van der Waals surface area contributed by atoms with Gasteiger partial charge < -0.3 is 10.0 Å². The Bertz CT molecular complexity index is 196. The summed E-state index contributed by atoms with van der Waals surface area (Å²) < 4.78 is 0. The van der Waals surface area contributed by atoms with Crippen LogP contribution in [0.5, 0.6) is 0 Å². The molecule has 4 nitrogen and oxygen atoms in total. The van der Waals surface area contributed by atoms with E-state index in [1.165, 1.54) is 18.7 Å². The molecule has 0 bridgehead atoms. The molecule has 12 heavy (non-hydrogen) atoms. The van der Waals surface area contributed by atoms with E-state index >= 15 is 0 Å². The van der Waals surface area contributed by atoms with Crippen molar-refractivity contribution in [3.05, 3.63) is 0 Å². The lowest BCUT2D eigenvalue weighted by molar-refractivity contribution is -0.150. The van der Waals surface area contributed by atoms with Crippen LogP contribution in [0.4, 0.5) is 0 Å². The topological polar surface area (TPSA) is 57.6 Å². The van der Waals surface area contributed by atoms with Gasteiger partial charge in [-0.25, -0.2) is 0 Å². The van der Waals surface area contributed by atoms with Crippen molar-refractivity contribution in [2.45, 2.75) is 20.3 Å². The van der Waals surface area contributed by atoms with Gasteiger partial charge in [0.05, 0.1) is 5.41 Å². The molecular formula is C8H15NO3. The van der Waals surface area contributed by atoms with Gasteiger partial charge in [0.2, 0.25) is 5.91 Å². The summed E-state index contributed by atoms with van der Waals surface area (Å²) in [5.74, 6) is -1.11. The van der Waals surface area contributed by atoms with Gasteiger partial charge in [0.15, 0.2) is 0 Å². The van der Waals surface area contributed by atoms with E-state index in [2.05, 4.69) is 0 Å². The highest BCUT2D eigenvalue weighted by atomic mass is 16.4. The molecule has 1 amide bonds. The molecule has 1 N–H and O–H groups in total. The third kappa shape index (κ3) is 2.90. The second-order valence-corrected chi connectivity index (χ2v) is 3.65. The Balaban J connectivity index is 4.25. The van der Waals surface area contributed by atoms with E-state index in [-0.39, 0.29) is 12.3 Å². The van der Waals surface area contributed by atoms with Crippen LogP contribution in [0.25, 0.3) is 0 Å². The van der Waals surface area contributed by atoms with Crippen LogP contribution in [0.3, 0.4) is 0 Å². The molecule has 0 aliphatic heterocycles. The number of carboxylic acids is 1. The predicted molar refractivity (Wildman–Crippen MR) is 44.7 cm³/mol. The minimum Gasteiger partial charge on any atom is -0.481 e. The van der Waals surface area contributed by atoms with Gasteiger partial charge >= 0.3 is 5.97 Å². The molecule has 4 heteroatoms. The van der Waals surface area contributed by atoms with E-state index in [9.17, 15) is 9.59 Å². The summed E-state index contributed by atoms with van der Waals surface area (Å²) >= 11 is 0. The minimum absolute atomic E-state index is 0.0370. The summed E-state index contributed by atoms with van der Waals surface area (Å²) in [4.78, 5) is 23.1. The van der Waals surface area contributed by atoms with E-state index in [1.54, 1.807) is 14.1 Å². The molecule has 0 rings (SSSR count). The van der Waals surface area contributed by atoms with Crippen LogP contribution in [0.2, 0.25) is 0 Å². The van der Waals surface area contributed by atoms with E-state index in [1.807, 2.05) is 0 Å². The third-order valence-corrected chi connectivity index (χ3v) is 1.67. The zero-order chi connectivity index (χ0) is 9.94. The number of hydrogen-bond donors (Lipinski definition) is 1. The van der Waals surface area contributed by atoms with Crippen LogP contribution in [0.1, 0.15) is 20.3 Å². The van der Waals surface area contributed by atoms with Crippen molar-refractivity contribution >= 4 is 11.9 Å². The highest BCUT2D eigenvalue weighted by Crippen LogP contribution is 2.20. The minimum atomic E-state index is -0.971. The first kappa shape index (κ1) is 10.9. The van der Waals surface area contributed by atoms with Gasteiger partial charge in [-0.3, -0.25) is 9.59 Å². The lowest BCUT2D eigenvalue weighted by atomic mass is 9.89. The normalized spacial score (nSPS) is 11.0. The van der Waals surface area contributed by atoms with Crippen LogP contribution in [0.15, 0.2) is 0 Å².